The van der Waals surface area contributed by atoms with Crippen LogP contribution in [-0.4, -0.2) is 26.1 Å². The van der Waals surface area contributed by atoms with Gasteiger partial charge in [0.05, 0.1) is 11.0 Å². The summed E-state index contributed by atoms with van der Waals surface area (Å²) in [6.45, 7) is 3.72. The average molecular weight is 318 g/mol. The van der Waals surface area contributed by atoms with Gasteiger partial charge in [0.1, 0.15) is 5.82 Å². The van der Waals surface area contributed by atoms with Gasteiger partial charge in [-0.25, -0.2) is 0 Å². The summed E-state index contributed by atoms with van der Waals surface area (Å²) >= 11 is 1.35. The zero-order valence-corrected chi connectivity index (χ0v) is 13.2. The summed E-state index contributed by atoms with van der Waals surface area (Å²) in [5.41, 5.74) is 12.9. The highest BCUT2D eigenvalue weighted by Crippen LogP contribution is 2.20. The number of hydrogen-bond donors (Lipinski definition) is 3. The van der Waals surface area contributed by atoms with E-state index >= 15 is 0 Å². The van der Waals surface area contributed by atoms with Gasteiger partial charge in [0.25, 0.3) is 0 Å². The average Bonchev–Trinajstić information content (AvgIpc) is 2.46. The minimum atomic E-state index is -0.370. The maximum absolute atomic E-state index is 11.0. The number of nitrogens with zero attached hydrogens (tertiary/aromatic N) is 3. The topological polar surface area (TPSA) is 120 Å². The first-order valence-corrected chi connectivity index (χ1v) is 7.74. The number of benzene rings is 1. The summed E-state index contributed by atoms with van der Waals surface area (Å²) in [5.74, 6) is 1.07. The number of aromatic nitrogens is 3. The maximum atomic E-state index is 11.0. The van der Waals surface area contributed by atoms with Crippen LogP contribution in [0.4, 0.5) is 17.6 Å². The van der Waals surface area contributed by atoms with Gasteiger partial charge in [-0.2, -0.15) is 15.0 Å². The largest absolute Gasteiger partial charge is 0.369 e. The normalized spacial score (nSPS) is 11.9. The predicted octanol–water partition coefficient (Wildman–Crippen LogP) is 1.61. The fourth-order valence-corrected chi connectivity index (χ4v) is 2.37. The summed E-state index contributed by atoms with van der Waals surface area (Å²) in [4.78, 5) is 23.5. The molecule has 1 unspecified atom stereocenters. The SMILES string of the molecule is Cc1ccccc1Nc1nc(N)nc(CSC(C)C(N)=O)n1. The number of anilines is 3. The van der Waals surface area contributed by atoms with Crippen LogP contribution in [0.1, 0.15) is 18.3 Å². The molecule has 116 valence electrons. The van der Waals surface area contributed by atoms with Crippen LogP contribution in [0.15, 0.2) is 24.3 Å². The number of nitrogens with two attached hydrogens (primary N) is 2. The van der Waals surface area contributed by atoms with Gasteiger partial charge in [-0.05, 0) is 25.5 Å². The van der Waals surface area contributed by atoms with E-state index in [1.165, 1.54) is 11.8 Å². The van der Waals surface area contributed by atoms with Crippen molar-refractivity contribution in [3.8, 4) is 0 Å². The number of primary amides is 1. The van der Waals surface area contributed by atoms with Crippen molar-refractivity contribution in [3.05, 3.63) is 35.7 Å². The van der Waals surface area contributed by atoms with Gasteiger partial charge < -0.3 is 16.8 Å². The van der Waals surface area contributed by atoms with E-state index in [1.54, 1.807) is 6.92 Å². The van der Waals surface area contributed by atoms with E-state index in [2.05, 4.69) is 20.3 Å². The molecule has 0 saturated heterocycles. The monoisotopic (exact) mass is 318 g/mol. The third-order valence-corrected chi connectivity index (χ3v) is 4.11. The minimum absolute atomic E-state index is 0.133. The first kappa shape index (κ1) is 16.0. The summed E-state index contributed by atoms with van der Waals surface area (Å²) in [5, 5.41) is 2.81. The first-order valence-electron chi connectivity index (χ1n) is 6.69. The number of aryl methyl sites for hydroxylation is 1. The summed E-state index contributed by atoms with van der Waals surface area (Å²) in [6, 6.07) is 7.79. The molecule has 7 nitrogen and oxygen atoms in total. The molecule has 0 aliphatic heterocycles. The zero-order valence-electron chi connectivity index (χ0n) is 12.4. The molecule has 8 heteroatoms. The smallest absolute Gasteiger partial charge is 0.232 e. The lowest BCUT2D eigenvalue weighted by Gasteiger charge is -2.10. The Kier molecular flexibility index (Phi) is 5.16. The van der Waals surface area contributed by atoms with Crippen molar-refractivity contribution in [3.63, 3.8) is 0 Å². The number of nitrogen functional groups attached to an aromatic ring is 1. The van der Waals surface area contributed by atoms with Crippen LogP contribution in [0, 0.1) is 6.92 Å². The molecule has 0 spiro atoms. The van der Waals surface area contributed by atoms with Crippen LogP contribution < -0.4 is 16.8 Å². The van der Waals surface area contributed by atoms with Crippen molar-refractivity contribution in [1.29, 1.82) is 0 Å². The van der Waals surface area contributed by atoms with Gasteiger partial charge >= 0.3 is 0 Å². The highest BCUT2D eigenvalue weighted by atomic mass is 32.2. The number of rotatable bonds is 6. The van der Waals surface area contributed by atoms with E-state index in [-0.39, 0.29) is 17.1 Å². The van der Waals surface area contributed by atoms with Crippen molar-refractivity contribution in [1.82, 2.24) is 15.0 Å². The van der Waals surface area contributed by atoms with E-state index in [1.807, 2.05) is 31.2 Å². The van der Waals surface area contributed by atoms with Crippen LogP contribution in [0.5, 0.6) is 0 Å². The summed E-state index contributed by atoms with van der Waals surface area (Å²) in [6.07, 6.45) is 0. The van der Waals surface area contributed by atoms with Gasteiger partial charge in [0.15, 0.2) is 0 Å². The summed E-state index contributed by atoms with van der Waals surface area (Å²) in [7, 11) is 0. The minimum Gasteiger partial charge on any atom is -0.369 e. The molecule has 0 bridgehead atoms. The lowest BCUT2D eigenvalue weighted by Crippen LogP contribution is -2.22. The molecule has 0 saturated carbocycles. The molecule has 1 atom stereocenters. The van der Waals surface area contributed by atoms with Gasteiger partial charge in [0, 0.05) is 5.69 Å². The molecule has 1 amide bonds. The van der Waals surface area contributed by atoms with Crippen molar-refractivity contribution in [2.75, 3.05) is 11.1 Å². The Morgan fingerprint density at radius 1 is 1.32 bits per heavy atom. The van der Waals surface area contributed by atoms with Crippen LogP contribution in [0.25, 0.3) is 0 Å². The van der Waals surface area contributed by atoms with Crippen LogP contribution in [0.3, 0.4) is 0 Å². The number of nitrogens with one attached hydrogen (secondary N) is 1. The third kappa shape index (κ3) is 4.32. The quantitative estimate of drug-likeness (QED) is 0.740. The van der Waals surface area contributed by atoms with E-state index < -0.39 is 0 Å². The Hall–Kier alpha value is -2.35. The third-order valence-electron chi connectivity index (χ3n) is 2.95. The van der Waals surface area contributed by atoms with E-state index in [0.717, 1.165) is 11.3 Å². The molecular formula is C14H18N6OS. The standard InChI is InChI=1S/C14H18N6OS/c1-8-5-3-4-6-10(8)17-14-19-11(18-13(16)20-14)7-22-9(2)12(15)21/h3-6,9H,7H2,1-2H3,(H2,15,21)(H3,16,17,18,19,20). The second kappa shape index (κ2) is 7.08. The van der Waals surface area contributed by atoms with Crippen LogP contribution in [0.2, 0.25) is 0 Å². The Labute approximate surface area is 132 Å². The molecule has 22 heavy (non-hydrogen) atoms. The fraction of sp³-hybridized carbons (Fsp3) is 0.286. The van der Waals surface area contributed by atoms with Crippen molar-refractivity contribution in [2.24, 2.45) is 5.73 Å². The second-order valence-electron chi connectivity index (χ2n) is 4.73. The Bertz CT molecular complexity index is 678. The molecule has 2 rings (SSSR count). The molecular weight excluding hydrogens is 300 g/mol. The van der Waals surface area contributed by atoms with Crippen molar-refractivity contribution >= 4 is 35.3 Å². The fourth-order valence-electron chi connectivity index (χ4n) is 1.67. The number of carbonyl (C=O) groups is 1. The molecule has 2 aromatic rings. The van der Waals surface area contributed by atoms with E-state index in [4.69, 9.17) is 11.5 Å². The van der Waals surface area contributed by atoms with Gasteiger partial charge in [0.2, 0.25) is 17.8 Å². The zero-order chi connectivity index (χ0) is 16.1. The number of amides is 1. The first-order chi connectivity index (χ1) is 10.5. The maximum Gasteiger partial charge on any atom is 0.232 e. The molecule has 1 heterocycles. The molecule has 1 aromatic carbocycles. The van der Waals surface area contributed by atoms with Crippen molar-refractivity contribution < 1.29 is 4.79 Å². The van der Waals surface area contributed by atoms with Gasteiger partial charge in [-0.15, -0.1) is 11.8 Å². The predicted molar refractivity (Wildman–Crippen MR) is 88.7 cm³/mol. The molecule has 0 fully saturated rings. The van der Waals surface area contributed by atoms with E-state index in [0.29, 0.717) is 17.5 Å². The van der Waals surface area contributed by atoms with Crippen LogP contribution in [-0.2, 0) is 10.5 Å². The molecule has 0 radical (unpaired) electrons. The highest BCUT2D eigenvalue weighted by molar-refractivity contribution is 7.99. The Morgan fingerprint density at radius 2 is 2.05 bits per heavy atom. The number of carbonyl (C=O) groups excluding carboxylic acids is 1. The van der Waals surface area contributed by atoms with Gasteiger partial charge in [-0.3, -0.25) is 4.79 Å². The molecule has 1 aromatic heterocycles. The lowest BCUT2D eigenvalue weighted by atomic mass is 10.2. The van der Waals surface area contributed by atoms with Gasteiger partial charge in [-0.1, -0.05) is 18.2 Å². The summed E-state index contributed by atoms with van der Waals surface area (Å²) < 4.78 is 0. The number of thioether (sulfide) groups is 1. The molecule has 0 aliphatic rings. The lowest BCUT2D eigenvalue weighted by molar-refractivity contribution is -0.117. The Morgan fingerprint density at radius 3 is 2.73 bits per heavy atom. The Balaban J connectivity index is 2.13. The van der Waals surface area contributed by atoms with Crippen LogP contribution >= 0.6 is 11.8 Å². The number of hydrogen-bond acceptors (Lipinski definition) is 7. The molecule has 0 aliphatic carbocycles. The highest BCUT2D eigenvalue weighted by Gasteiger charge is 2.12. The molecule has 5 N–H and O–H groups in total. The van der Waals surface area contributed by atoms with Crippen molar-refractivity contribution in [2.45, 2.75) is 24.9 Å². The van der Waals surface area contributed by atoms with E-state index in [9.17, 15) is 4.79 Å². The second-order valence-corrected chi connectivity index (χ2v) is 6.06. The number of para-hydroxylation sites is 1.